The van der Waals surface area contributed by atoms with Crippen LogP contribution in [-0.4, -0.2) is 5.90 Å². The van der Waals surface area contributed by atoms with Crippen molar-refractivity contribution < 1.29 is 4.74 Å². The molecule has 124 valence electrons. The van der Waals surface area contributed by atoms with E-state index in [1.807, 2.05) is 30.3 Å². The number of hydrogen-bond donors (Lipinski definition) is 0. The first-order valence-corrected chi connectivity index (χ1v) is 8.64. The first kappa shape index (κ1) is 15.6. The van der Waals surface area contributed by atoms with Gasteiger partial charge in [0.25, 0.3) is 0 Å². The highest BCUT2D eigenvalue weighted by Gasteiger charge is 2.34. The van der Waals surface area contributed by atoms with Crippen molar-refractivity contribution in [2.24, 2.45) is 4.99 Å². The summed E-state index contributed by atoms with van der Waals surface area (Å²) in [5.41, 5.74) is 5.86. The van der Waals surface area contributed by atoms with Crippen LogP contribution < -0.4 is 0 Å². The highest BCUT2D eigenvalue weighted by atomic mass is 16.5. The Morgan fingerprint density at radius 1 is 0.680 bits per heavy atom. The van der Waals surface area contributed by atoms with Gasteiger partial charge in [-0.2, -0.15) is 0 Å². The number of aliphatic imine (C=N–C) groups is 1. The first-order chi connectivity index (χ1) is 12.2. The molecular weight excluding hydrogens is 306 g/mol. The van der Waals surface area contributed by atoms with E-state index in [0.29, 0.717) is 0 Å². The predicted octanol–water partition coefficient (Wildman–Crippen LogP) is 5.56. The molecule has 3 aromatic carbocycles. The van der Waals surface area contributed by atoms with Crippen LogP contribution in [0.4, 0.5) is 0 Å². The predicted molar refractivity (Wildman–Crippen MR) is 102 cm³/mol. The molecule has 2 heteroatoms. The molecule has 0 aromatic heterocycles. The number of aryl methyl sites for hydroxylation is 2. The SMILES string of the molecule is Cc1ccc(C2N=C(c3ccccc3)OC2c2ccc(C)cc2)cc1. The summed E-state index contributed by atoms with van der Waals surface area (Å²) in [6, 6.07) is 27.2. The van der Waals surface area contributed by atoms with Crippen molar-refractivity contribution in [2.75, 3.05) is 0 Å². The number of nitrogens with zero attached hydrogens (tertiary/aromatic N) is 1. The van der Waals surface area contributed by atoms with Gasteiger partial charge in [-0.3, -0.25) is 0 Å². The van der Waals surface area contributed by atoms with Crippen LogP contribution >= 0.6 is 0 Å². The zero-order valence-corrected chi connectivity index (χ0v) is 14.5. The maximum absolute atomic E-state index is 6.32. The largest absolute Gasteiger partial charge is 0.467 e. The van der Waals surface area contributed by atoms with Gasteiger partial charge in [0, 0.05) is 5.56 Å². The lowest BCUT2D eigenvalue weighted by atomic mass is 9.95. The zero-order chi connectivity index (χ0) is 17.2. The molecule has 2 atom stereocenters. The first-order valence-electron chi connectivity index (χ1n) is 8.64. The monoisotopic (exact) mass is 327 g/mol. The van der Waals surface area contributed by atoms with Gasteiger partial charge in [0.2, 0.25) is 5.90 Å². The zero-order valence-electron chi connectivity index (χ0n) is 14.5. The van der Waals surface area contributed by atoms with Crippen LogP contribution in [-0.2, 0) is 4.74 Å². The molecule has 0 amide bonds. The molecule has 0 bridgehead atoms. The topological polar surface area (TPSA) is 21.6 Å². The van der Waals surface area contributed by atoms with Crippen molar-refractivity contribution in [1.29, 1.82) is 0 Å². The molecule has 2 unspecified atom stereocenters. The molecule has 0 fully saturated rings. The van der Waals surface area contributed by atoms with Crippen molar-refractivity contribution in [1.82, 2.24) is 0 Å². The molecule has 4 rings (SSSR count). The van der Waals surface area contributed by atoms with E-state index in [-0.39, 0.29) is 12.1 Å². The van der Waals surface area contributed by atoms with Gasteiger partial charge in [-0.05, 0) is 37.1 Å². The van der Waals surface area contributed by atoms with Gasteiger partial charge in [0.05, 0.1) is 0 Å². The van der Waals surface area contributed by atoms with Crippen LogP contribution in [0.25, 0.3) is 0 Å². The average Bonchev–Trinajstić information content (AvgIpc) is 3.09. The second-order valence-electron chi connectivity index (χ2n) is 6.60. The Kier molecular flexibility index (Phi) is 4.10. The van der Waals surface area contributed by atoms with Gasteiger partial charge in [-0.1, -0.05) is 77.9 Å². The van der Waals surface area contributed by atoms with Crippen molar-refractivity contribution in [3.8, 4) is 0 Å². The van der Waals surface area contributed by atoms with E-state index in [9.17, 15) is 0 Å². The van der Waals surface area contributed by atoms with Crippen LogP contribution in [0, 0.1) is 13.8 Å². The minimum Gasteiger partial charge on any atom is -0.467 e. The van der Waals surface area contributed by atoms with Crippen molar-refractivity contribution in [3.05, 3.63) is 107 Å². The molecule has 0 spiro atoms. The molecule has 3 aromatic rings. The molecule has 0 aliphatic carbocycles. The quantitative estimate of drug-likeness (QED) is 0.617. The summed E-state index contributed by atoms with van der Waals surface area (Å²) in [4.78, 5) is 4.93. The van der Waals surface area contributed by atoms with E-state index < -0.39 is 0 Å². The Morgan fingerprint density at radius 3 is 1.84 bits per heavy atom. The second kappa shape index (κ2) is 6.56. The van der Waals surface area contributed by atoms with Crippen LogP contribution in [0.15, 0.2) is 83.9 Å². The Bertz CT molecular complexity index is 880. The molecule has 1 aliphatic rings. The Balaban J connectivity index is 1.74. The Morgan fingerprint density at radius 2 is 1.24 bits per heavy atom. The molecule has 1 aliphatic heterocycles. The van der Waals surface area contributed by atoms with Gasteiger partial charge in [-0.15, -0.1) is 0 Å². The molecule has 1 heterocycles. The van der Waals surface area contributed by atoms with E-state index in [4.69, 9.17) is 9.73 Å². The van der Waals surface area contributed by atoms with E-state index in [1.54, 1.807) is 0 Å². The normalized spacial score (nSPS) is 19.4. The summed E-state index contributed by atoms with van der Waals surface area (Å²) in [7, 11) is 0. The van der Waals surface area contributed by atoms with E-state index in [1.165, 1.54) is 16.7 Å². The number of rotatable bonds is 3. The third kappa shape index (κ3) is 3.20. The molecule has 2 nitrogen and oxygen atoms in total. The third-order valence-corrected chi connectivity index (χ3v) is 4.63. The second-order valence-corrected chi connectivity index (χ2v) is 6.60. The average molecular weight is 327 g/mol. The summed E-state index contributed by atoms with van der Waals surface area (Å²) in [5, 5.41) is 0. The minimum atomic E-state index is -0.0986. The van der Waals surface area contributed by atoms with Crippen LogP contribution in [0.1, 0.15) is 40.0 Å². The fourth-order valence-corrected chi connectivity index (χ4v) is 3.15. The smallest absolute Gasteiger partial charge is 0.217 e. The lowest BCUT2D eigenvalue weighted by molar-refractivity contribution is 0.197. The summed E-state index contributed by atoms with van der Waals surface area (Å²) in [6.45, 7) is 4.20. The number of benzene rings is 3. The fraction of sp³-hybridized carbons (Fsp3) is 0.174. The van der Waals surface area contributed by atoms with Gasteiger partial charge in [-0.25, -0.2) is 4.99 Å². The highest BCUT2D eigenvalue weighted by Crippen LogP contribution is 2.41. The molecule has 25 heavy (non-hydrogen) atoms. The molecule has 0 N–H and O–H groups in total. The summed E-state index contributed by atoms with van der Waals surface area (Å²) < 4.78 is 6.32. The van der Waals surface area contributed by atoms with Gasteiger partial charge in [0.15, 0.2) is 6.10 Å². The van der Waals surface area contributed by atoms with E-state index in [0.717, 1.165) is 17.0 Å². The minimum absolute atomic E-state index is 0.0292. The maximum Gasteiger partial charge on any atom is 0.217 e. The third-order valence-electron chi connectivity index (χ3n) is 4.63. The molecule has 0 saturated heterocycles. The molecular formula is C23H21NO. The van der Waals surface area contributed by atoms with Gasteiger partial charge >= 0.3 is 0 Å². The van der Waals surface area contributed by atoms with Crippen molar-refractivity contribution in [2.45, 2.75) is 26.0 Å². The lowest BCUT2D eigenvalue weighted by Gasteiger charge is -2.19. The van der Waals surface area contributed by atoms with E-state index >= 15 is 0 Å². The summed E-state index contributed by atoms with van der Waals surface area (Å²) >= 11 is 0. The molecule has 0 saturated carbocycles. The van der Waals surface area contributed by atoms with Crippen LogP contribution in [0.3, 0.4) is 0 Å². The van der Waals surface area contributed by atoms with Crippen LogP contribution in [0.5, 0.6) is 0 Å². The maximum atomic E-state index is 6.32. The summed E-state index contributed by atoms with van der Waals surface area (Å²) in [6.07, 6.45) is -0.0986. The number of hydrogen-bond acceptors (Lipinski definition) is 2. The highest BCUT2D eigenvalue weighted by molar-refractivity contribution is 5.95. The Hall–Kier alpha value is -2.87. The van der Waals surface area contributed by atoms with Gasteiger partial charge < -0.3 is 4.74 Å². The van der Waals surface area contributed by atoms with Crippen molar-refractivity contribution >= 4 is 5.90 Å². The van der Waals surface area contributed by atoms with Gasteiger partial charge in [0.1, 0.15) is 6.04 Å². The number of ether oxygens (including phenoxy) is 1. The van der Waals surface area contributed by atoms with Crippen molar-refractivity contribution in [3.63, 3.8) is 0 Å². The van der Waals surface area contributed by atoms with E-state index in [2.05, 4.69) is 62.4 Å². The Labute approximate surface area is 148 Å². The fourth-order valence-electron chi connectivity index (χ4n) is 3.15. The van der Waals surface area contributed by atoms with Crippen LogP contribution in [0.2, 0.25) is 0 Å². The standard InChI is InChI=1S/C23H21NO/c1-16-8-12-18(13-9-16)21-22(19-14-10-17(2)11-15-19)25-23(24-21)20-6-4-3-5-7-20/h3-15,21-22H,1-2H3. The summed E-state index contributed by atoms with van der Waals surface area (Å²) in [5.74, 6) is 0.719. The molecule has 0 radical (unpaired) electrons. The lowest BCUT2D eigenvalue weighted by Crippen LogP contribution is -2.09.